The van der Waals surface area contributed by atoms with Gasteiger partial charge in [0.05, 0.1) is 0 Å². The second kappa shape index (κ2) is 6.40. The molecule has 1 heterocycles. The van der Waals surface area contributed by atoms with Crippen molar-refractivity contribution in [2.24, 2.45) is 11.7 Å². The van der Waals surface area contributed by atoms with Crippen molar-refractivity contribution in [2.45, 2.75) is 26.8 Å². The fraction of sp³-hybridized carbons (Fsp3) is 0.625. The maximum Gasteiger partial charge on any atom is 0.0415 e. The number of rotatable bonds is 4. The zero-order valence-electron chi connectivity index (χ0n) is 12.5. The van der Waals surface area contributed by atoms with Gasteiger partial charge < -0.3 is 10.6 Å². The molecule has 1 atom stereocenters. The highest BCUT2D eigenvalue weighted by molar-refractivity contribution is 5.55. The molecular weight excluding hydrogens is 234 g/mol. The summed E-state index contributed by atoms with van der Waals surface area (Å²) in [4.78, 5) is 5.05. The number of nitrogens with zero attached hydrogens (tertiary/aromatic N) is 2. The van der Waals surface area contributed by atoms with Gasteiger partial charge in [0.2, 0.25) is 0 Å². The van der Waals surface area contributed by atoms with Crippen LogP contribution in [0.15, 0.2) is 24.3 Å². The maximum atomic E-state index is 6.08. The predicted octanol–water partition coefficient (Wildman–Crippen LogP) is 2.48. The van der Waals surface area contributed by atoms with Crippen LogP contribution in [0.3, 0.4) is 0 Å². The summed E-state index contributed by atoms with van der Waals surface area (Å²) in [6.45, 7) is 12.4. The molecule has 1 aromatic rings. The number of para-hydroxylation sites is 1. The van der Waals surface area contributed by atoms with Gasteiger partial charge in [0.1, 0.15) is 0 Å². The Morgan fingerprint density at radius 2 is 1.68 bits per heavy atom. The van der Waals surface area contributed by atoms with Crippen LogP contribution in [-0.2, 0) is 0 Å². The first-order valence-corrected chi connectivity index (χ1v) is 7.39. The van der Waals surface area contributed by atoms with E-state index in [1.807, 2.05) is 0 Å². The van der Waals surface area contributed by atoms with Gasteiger partial charge in [0.25, 0.3) is 0 Å². The lowest BCUT2D eigenvalue weighted by Gasteiger charge is -2.38. The molecule has 0 saturated carbocycles. The van der Waals surface area contributed by atoms with Crippen molar-refractivity contribution in [3.63, 3.8) is 0 Å². The largest absolute Gasteiger partial charge is 0.369 e. The van der Waals surface area contributed by atoms with Crippen LogP contribution in [0.2, 0.25) is 0 Å². The van der Waals surface area contributed by atoms with Gasteiger partial charge in [-0.25, -0.2) is 0 Å². The molecular formula is C16H27N3. The Kier molecular flexibility index (Phi) is 4.83. The molecule has 2 N–H and O–H groups in total. The molecule has 0 radical (unpaired) electrons. The van der Waals surface area contributed by atoms with E-state index in [0.29, 0.717) is 0 Å². The van der Waals surface area contributed by atoms with E-state index < -0.39 is 0 Å². The molecule has 1 unspecified atom stereocenters. The van der Waals surface area contributed by atoms with Crippen LogP contribution in [0.5, 0.6) is 0 Å². The molecule has 2 rings (SSSR count). The Hall–Kier alpha value is -1.06. The van der Waals surface area contributed by atoms with Crippen LogP contribution in [0.1, 0.15) is 32.4 Å². The van der Waals surface area contributed by atoms with Crippen LogP contribution in [0, 0.1) is 5.92 Å². The third-order valence-electron chi connectivity index (χ3n) is 3.76. The van der Waals surface area contributed by atoms with Crippen LogP contribution in [-0.4, -0.2) is 37.6 Å². The molecule has 19 heavy (non-hydrogen) atoms. The molecule has 3 heteroatoms. The molecule has 1 aliphatic heterocycles. The van der Waals surface area contributed by atoms with E-state index in [1.54, 1.807) is 0 Å². The minimum Gasteiger partial charge on any atom is -0.369 e. The van der Waals surface area contributed by atoms with Crippen LogP contribution in [0.4, 0.5) is 5.69 Å². The first-order chi connectivity index (χ1) is 9.08. The molecule has 0 aliphatic carbocycles. The molecule has 0 amide bonds. The quantitative estimate of drug-likeness (QED) is 0.904. The summed E-state index contributed by atoms with van der Waals surface area (Å²) in [5.41, 5.74) is 8.66. The normalized spacial score (nSPS) is 18.9. The third-order valence-corrected chi connectivity index (χ3v) is 3.76. The average molecular weight is 261 g/mol. The lowest BCUT2D eigenvalue weighted by atomic mass is 10.1. The Balaban J connectivity index is 2.02. The molecule has 106 valence electrons. The number of benzene rings is 1. The summed E-state index contributed by atoms with van der Waals surface area (Å²) < 4.78 is 0. The maximum absolute atomic E-state index is 6.08. The summed E-state index contributed by atoms with van der Waals surface area (Å²) in [6.07, 6.45) is 0. The second-order valence-electron chi connectivity index (χ2n) is 6.03. The van der Waals surface area contributed by atoms with Crippen molar-refractivity contribution < 1.29 is 0 Å². The Morgan fingerprint density at radius 1 is 1.05 bits per heavy atom. The Bertz CT molecular complexity index is 393. The van der Waals surface area contributed by atoms with Gasteiger partial charge in [0.15, 0.2) is 0 Å². The lowest BCUT2D eigenvalue weighted by Crippen LogP contribution is -2.47. The van der Waals surface area contributed by atoms with Crippen LogP contribution < -0.4 is 10.6 Å². The zero-order valence-corrected chi connectivity index (χ0v) is 12.5. The summed E-state index contributed by atoms with van der Waals surface area (Å²) >= 11 is 0. The zero-order chi connectivity index (χ0) is 13.8. The molecule has 0 spiro atoms. The standard InChI is InChI=1S/C16H27N3/c1-13(2)12-18-8-10-19(11-9-18)16-7-5-4-6-15(16)14(3)17/h4-7,13-14H,8-12,17H2,1-3H3. The monoisotopic (exact) mass is 261 g/mol. The van der Waals surface area contributed by atoms with Gasteiger partial charge in [0, 0.05) is 44.5 Å². The topological polar surface area (TPSA) is 32.5 Å². The highest BCUT2D eigenvalue weighted by Crippen LogP contribution is 2.25. The Labute approximate surface area is 117 Å². The van der Waals surface area contributed by atoms with Crippen molar-refractivity contribution in [3.8, 4) is 0 Å². The van der Waals surface area contributed by atoms with E-state index >= 15 is 0 Å². The minimum absolute atomic E-state index is 0.102. The molecule has 1 aliphatic rings. The first kappa shape index (κ1) is 14.4. The van der Waals surface area contributed by atoms with Crippen molar-refractivity contribution in [3.05, 3.63) is 29.8 Å². The summed E-state index contributed by atoms with van der Waals surface area (Å²) in [7, 11) is 0. The van der Waals surface area contributed by atoms with E-state index in [0.717, 1.165) is 32.1 Å². The van der Waals surface area contributed by atoms with Gasteiger partial charge in [-0.15, -0.1) is 0 Å². The minimum atomic E-state index is 0.102. The summed E-state index contributed by atoms with van der Waals surface area (Å²) in [5.74, 6) is 0.753. The summed E-state index contributed by atoms with van der Waals surface area (Å²) in [6, 6.07) is 8.65. The molecule has 1 saturated heterocycles. The Morgan fingerprint density at radius 3 is 2.26 bits per heavy atom. The number of anilines is 1. The van der Waals surface area contributed by atoms with Crippen molar-refractivity contribution >= 4 is 5.69 Å². The second-order valence-corrected chi connectivity index (χ2v) is 6.03. The summed E-state index contributed by atoms with van der Waals surface area (Å²) in [5, 5.41) is 0. The van der Waals surface area contributed by atoms with Crippen LogP contribution in [0.25, 0.3) is 0 Å². The van der Waals surface area contributed by atoms with E-state index in [2.05, 4.69) is 54.8 Å². The van der Waals surface area contributed by atoms with Gasteiger partial charge >= 0.3 is 0 Å². The van der Waals surface area contributed by atoms with Crippen molar-refractivity contribution in [1.82, 2.24) is 4.90 Å². The fourth-order valence-corrected chi connectivity index (χ4v) is 2.85. The number of hydrogen-bond acceptors (Lipinski definition) is 3. The third kappa shape index (κ3) is 3.71. The number of nitrogens with two attached hydrogens (primary N) is 1. The SMILES string of the molecule is CC(C)CN1CCN(c2ccccc2C(C)N)CC1. The lowest BCUT2D eigenvalue weighted by molar-refractivity contribution is 0.231. The first-order valence-electron chi connectivity index (χ1n) is 7.39. The van der Waals surface area contributed by atoms with E-state index in [4.69, 9.17) is 5.73 Å². The van der Waals surface area contributed by atoms with Gasteiger partial charge in [-0.3, -0.25) is 4.90 Å². The van der Waals surface area contributed by atoms with Gasteiger partial charge in [-0.1, -0.05) is 32.0 Å². The smallest absolute Gasteiger partial charge is 0.0415 e. The number of hydrogen-bond donors (Lipinski definition) is 1. The highest BCUT2D eigenvalue weighted by Gasteiger charge is 2.20. The van der Waals surface area contributed by atoms with Crippen LogP contribution >= 0.6 is 0 Å². The van der Waals surface area contributed by atoms with E-state index in [1.165, 1.54) is 17.8 Å². The van der Waals surface area contributed by atoms with E-state index in [-0.39, 0.29) is 6.04 Å². The molecule has 1 aromatic carbocycles. The molecule has 0 aromatic heterocycles. The predicted molar refractivity (Wildman–Crippen MR) is 82.5 cm³/mol. The molecule has 1 fully saturated rings. The molecule has 3 nitrogen and oxygen atoms in total. The number of piperazine rings is 1. The van der Waals surface area contributed by atoms with Gasteiger partial charge in [-0.05, 0) is 24.5 Å². The van der Waals surface area contributed by atoms with Gasteiger partial charge in [-0.2, -0.15) is 0 Å². The van der Waals surface area contributed by atoms with E-state index in [9.17, 15) is 0 Å². The molecule has 0 bridgehead atoms. The highest BCUT2D eigenvalue weighted by atomic mass is 15.3. The average Bonchev–Trinajstić information content (AvgIpc) is 2.39. The fourth-order valence-electron chi connectivity index (χ4n) is 2.85. The van der Waals surface area contributed by atoms with Crippen molar-refractivity contribution in [1.29, 1.82) is 0 Å². The van der Waals surface area contributed by atoms with Crippen molar-refractivity contribution in [2.75, 3.05) is 37.6 Å².